The normalized spacial score (nSPS) is 18.9. The van der Waals surface area contributed by atoms with Gasteiger partial charge in [0.15, 0.2) is 0 Å². The molecule has 4 nitrogen and oxygen atoms in total. The maximum atomic E-state index is 12.0. The first-order valence-corrected chi connectivity index (χ1v) is 8.16. The number of nitrogens with one attached hydrogen (secondary N) is 1. The zero-order valence-electron chi connectivity index (χ0n) is 13.4. The summed E-state index contributed by atoms with van der Waals surface area (Å²) in [4.78, 5) is 12.0. The molecule has 0 bridgehead atoms. The van der Waals surface area contributed by atoms with Crippen LogP contribution in [0, 0.1) is 0 Å². The molecule has 1 saturated carbocycles. The third-order valence-electron chi connectivity index (χ3n) is 4.02. The lowest BCUT2D eigenvalue weighted by Crippen LogP contribution is -2.50. The number of ether oxygens (including phenoxy) is 2. The molecule has 0 amide bonds. The van der Waals surface area contributed by atoms with Gasteiger partial charge in [0, 0.05) is 6.61 Å². The van der Waals surface area contributed by atoms with Crippen LogP contribution < -0.4 is 5.32 Å². The summed E-state index contributed by atoms with van der Waals surface area (Å²) in [5.74, 6) is -0.140. The zero-order chi connectivity index (χ0) is 14.8. The van der Waals surface area contributed by atoms with Gasteiger partial charge in [-0.05, 0) is 52.5 Å². The lowest BCUT2D eigenvalue weighted by molar-refractivity contribution is -0.150. The second kappa shape index (κ2) is 9.35. The van der Waals surface area contributed by atoms with Gasteiger partial charge in [0.1, 0.15) is 5.54 Å². The summed E-state index contributed by atoms with van der Waals surface area (Å²) in [5.41, 5.74) is -0.557. The fourth-order valence-electron chi connectivity index (χ4n) is 2.83. The fraction of sp³-hybridized carbons (Fsp3) is 0.938. The van der Waals surface area contributed by atoms with Crippen LogP contribution in [0.3, 0.4) is 0 Å². The highest BCUT2D eigenvalue weighted by molar-refractivity contribution is 5.80. The van der Waals surface area contributed by atoms with Crippen molar-refractivity contribution in [3.8, 4) is 0 Å². The number of carbonyl (C=O) groups excluding carboxylic acids is 1. The third-order valence-corrected chi connectivity index (χ3v) is 4.02. The van der Waals surface area contributed by atoms with E-state index in [0.717, 1.165) is 32.4 Å². The predicted octanol–water partition coefficient (Wildman–Crippen LogP) is 3.05. The van der Waals surface area contributed by atoms with Gasteiger partial charge in [-0.3, -0.25) is 4.79 Å². The molecule has 0 spiro atoms. The number of esters is 1. The van der Waals surface area contributed by atoms with Crippen LogP contribution in [-0.4, -0.2) is 37.4 Å². The SMILES string of the molecule is CCNC(C)(CCCCOC1CCCC1)C(=O)OCC. The third kappa shape index (κ3) is 5.80. The van der Waals surface area contributed by atoms with Gasteiger partial charge in [0.05, 0.1) is 12.7 Å². The van der Waals surface area contributed by atoms with Crippen LogP contribution in [0.15, 0.2) is 0 Å². The molecule has 1 rings (SSSR count). The molecule has 0 radical (unpaired) electrons. The van der Waals surface area contributed by atoms with E-state index in [1.54, 1.807) is 0 Å². The number of hydrogen-bond acceptors (Lipinski definition) is 4. The average Bonchev–Trinajstić information content (AvgIpc) is 2.92. The second-order valence-corrected chi connectivity index (χ2v) is 5.82. The van der Waals surface area contributed by atoms with Crippen LogP contribution in [0.5, 0.6) is 0 Å². The molecule has 1 atom stereocenters. The van der Waals surface area contributed by atoms with E-state index in [4.69, 9.17) is 9.47 Å². The molecule has 1 aliphatic rings. The Morgan fingerprint density at radius 2 is 1.95 bits per heavy atom. The summed E-state index contributed by atoms with van der Waals surface area (Å²) >= 11 is 0. The van der Waals surface area contributed by atoms with E-state index in [2.05, 4.69) is 5.32 Å². The predicted molar refractivity (Wildman–Crippen MR) is 80.8 cm³/mol. The van der Waals surface area contributed by atoms with Crippen molar-refractivity contribution in [2.45, 2.75) is 77.4 Å². The van der Waals surface area contributed by atoms with Gasteiger partial charge < -0.3 is 14.8 Å². The lowest BCUT2D eigenvalue weighted by Gasteiger charge is -2.28. The molecule has 0 heterocycles. The zero-order valence-corrected chi connectivity index (χ0v) is 13.4. The molecular formula is C16H31NO3. The summed E-state index contributed by atoms with van der Waals surface area (Å²) in [7, 11) is 0. The van der Waals surface area contributed by atoms with Gasteiger partial charge >= 0.3 is 5.97 Å². The van der Waals surface area contributed by atoms with Crippen molar-refractivity contribution in [3.63, 3.8) is 0 Å². The van der Waals surface area contributed by atoms with E-state index in [9.17, 15) is 4.79 Å². The summed E-state index contributed by atoms with van der Waals surface area (Å²) < 4.78 is 11.0. The molecule has 0 aromatic heterocycles. The van der Waals surface area contributed by atoms with Gasteiger partial charge in [0.25, 0.3) is 0 Å². The van der Waals surface area contributed by atoms with Gasteiger partial charge in [-0.25, -0.2) is 0 Å². The van der Waals surface area contributed by atoms with E-state index in [1.807, 2.05) is 20.8 Å². The number of carbonyl (C=O) groups is 1. The molecule has 1 unspecified atom stereocenters. The molecular weight excluding hydrogens is 254 g/mol. The number of rotatable bonds is 10. The number of hydrogen-bond donors (Lipinski definition) is 1. The Bertz CT molecular complexity index is 277. The van der Waals surface area contributed by atoms with E-state index >= 15 is 0 Å². The molecule has 0 saturated heterocycles. The smallest absolute Gasteiger partial charge is 0.326 e. The highest BCUT2D eigenvalue weighted by Gasteiger charge is 2.32. The molecule has 20 heavy (non-hydrogen) atoms. The maximum absolute atomic E-state index is 12.0. The first-order valence-electron chi connectivity index (χ1n) is 8.16. The van der Waals surface area contributed by atoms with E-state index in [-0.39, 0.29) is 5.97 Å². The molecule has 0 aliphatic heterocycles. The molecule has 4 heteroatoms. The van der Waals surface area contributed by atoms with Crippen molar-refractivity contribution in [3.05, 3.63) is 0 Å². The van der Waals surface area contributed by atoms with Crippen molar-refractivity contribution >= 4 is 5.97 Å². The highest BCUT2D eigenvalue weighted by Crippen LogP contribution is 2.22. The Kier molecular flexibility index (Phi) is 8.15. The number of likely N-dealkylation sites (N-methyl/N-ethyl adjacent to an activating group) is 1. The highest BCUT2D eigenvalue weighted by atomic mass is 16.5. The Labute approximate surface area is 123 Å². The largest absolute Gasteiger partial charge is 0.465 e. The van der Waals surface area contributed by atoms with E-state index in [1.165, 1.54) is 25.7 Å². The monoisotopic (exact) mass is 285 g/mol. The average molecular weight is 285 g/mol. The van der Waals surface area contributed by atoms with Crippen LogP contribution in [-0.2, 0) is 14.3 Å². The minimum Gasteiger partial charge on any atom is -0.465 e. The quantitative estimate of drug-likeness (QED) is 0.495. The van der Waals surface area contributed by atoms with Crippen molar-refractivity contribution < 1.29 is 14.3 Å². The van der Waals surface area contributed by atoms with Crippen molar-refractivity contribution in [1.82, 2.24) is 5.32 Å². The summed E-state index contributed by atoms with van der Waals surface area (Å²) in [6.07, 6.45) is 8.34. The summed E-state index contributed by atoms with van der Waals surface area (Å²) in [5, 5.41) is 3.26. The number of unbranched alkanes of at least 4 members (excludes halogenated alkanes) is 1. The molecule has 0 aromatic carbocycles. The van der Waals surface area contributed by atoms with Gasteiger partial charge in [-0.15, -0.1) is 0 Å². The molecule has 1 fully saturated rings. The fourth-order valence-corrected chi connectivity index (χ4v) is 2.83. The van der Waals surface area contributed by atoms with Crippen molar-refractivity contribution in [2.75, 3.05) is 19.8 Å². The van der Waals surface area contributed by atoms with E-state index in [0.29, 0.717) is 12.7 Å². The first kappa shape index (κ1) is 17.4. The maximum Gasteiger partial charge on any atom is 0.326 e. The van der Waals surface area contributed by atoms with Gasteiger partial charge in [-0.2, -0.15) is 0 Å². The van der Waals surface area contributed by atoms with Crippen LogP contribution in [0.2, 0.25) is 0 Å². The van der Waals surface area contributed by atoms with Crippen molar-refractivity contribution in [1.29, 1.82) is 0 Å². The summed E-state index contributed by atoms with van der Waals surface area (Å²) in [6.45, 7) is 7.82. The van der Waals surface area contributed by atoms with E-state index < -0.39 is 5.54 Å². The first-order chi connectivity index (χ1) is 9.62. The Hall–Kier alpha value is -0.610. The van der Waals surface area contributed by atoms with Crippen molar-refractivity contribution in [2.24, 2.45) is 0 Å². The molecule has 1 N–H and O–H groups in total. The molecule has 118 valence electrons. The standard InChI is InChI=1S/C16H31NO3/c1-4-17-16(3,15(18)19-5-2)12-8-9-13-20-14-10-6-7-11-14/h14,17H,4-13H2,1-3H3. The Morgan fingerprint density at radius 3 is 2.55 bits per heavy atom. The topological polar surface area (TPSA) is 47.6 Å². The minimum atomic E-state index is -0.557. The molecule has 0 aromatic rings. The van der Waals surface area contributed by atoms with Crippen LogP contribution in [0.1, 0.15) is 65.7 Å². The van der Waals surface area contributed by atoms with Crippen LogP contribution in [0.25, 0.3) is 0 Å². The second-order valence-electron chi connectivity index (χ2n) is 5.82. The Balaban J connectivity index is 2.22. The van der Waals surface area contributed by atoms with Crippen LogP contribution in [0.4, 0.5) is 0 Å². The van der Waals surface area contributed by atoms with Gasteiger partial charge in [0.2, 0.25) is 0 Å². The van der Waals surface area contributed by atoms with Crippen LogP contribution >= 0.6 is 0 Å². The minimum absolute atomic E-state index is 0.140. The lowest BCUT2D eigenvalue weighted by atomic mass is 9.95. The summed E-state index contributed by atoms with van der Waals surface area (Å²) in [6, 6.07) is 0. The Morgan fingerprint density at radius 1 is 1.25 bits per heavy atom. The molecule has 1 aliphatic carbocycles. The van der Waals surface area contributed by atoms with Gasteiger partial charge in [-0.1, -0.05) is 19.8 Å².